The number of amides is 1. The van der Waals surface area contributed by atoms with Crippen LogP contribution in [0.15, 0.2) is 48.5 Å². The Hall–Kier alpha value is -2.02. The van der Waals surface area contributed by atoms with Crippen molar-refractivity contribution in [2.75, 3.05) is 33.2 Å². The van der Waals surface area contributed by atoms with Gasteiger partial charge in [-0.25, -0.2) is 8.78 Å². The molecule has 3 rings (SSSR count). The highest BCUT2D eigenvalue weighted by atomic mass is 35.5. The highest BCUT2D eigenvalue weighted by molar-refractivity contribution is 5.85. The highest BCUT2D eigenvalue weighted by Gasteiger charge is 2.27. The summed E-state index contributed by atoms with van der Waals surface area (Å²) in [6, 6.07) is 12.9. The molecule has 1 amide bonds. The summed E-state index contributed by atoms with van der Waals surface area (Å²) in [6.45, 7) is 2.57. The summed E-state index contributed by atoms with van der Waals surface area (Å²) in [6.07, 6.45) is 0. The highest BCUT2D eigenvalue weighted by Crippen LogP contribution is 2.23. The van der Waals surface area contributed by atoms with Crippen molar-refractivity contribution in [3.05, 3.63) is 71.3 Å². The summed E-state index contributed by atoms with van der Waals surface area (Å²) in [4.78, 5) is 16.2. The second-order valence-electron chi connectivity index (χ2n) is 6.59. The monoisotopic (exact) mass is 395 g/mol. The van der Waals surface area contributed by atoms with Gasteiger partial charge in [0.15, 0.2) is 0 Å². The molecule has 1 aliphatic rings. The third-order valence-electron chi connectivity index (χ3n) is 4.72. The van der Waals surface area contributed by atoms with Gasteiger partial charge in [-0.1, -0.05) is 30.3 Å². The van der Waals surface area contributed by atoms with Gasteiger partial charge in [0.25, 0.3) is 0 Å². The molecule has 0 saturated carbocycles. The predicted octanol–water partition coefficient (Wildman–Crippen LogP) is 2.99. The minimum atomic E-state index is -0.313. The van der Waals surface area contributed by atoms with Crippen LogP contribution in [0.2, 0.25) is 0 Å². The largest absolute Gasteiger partial charge is 0.340 e. The minimum absolute atomic E-state index is 0. The third kappa shape index (κ3) is 5.48. The van der Waals surface area contributed by atoms with Crippen LogP contribution in [0.4, 0.5) is 8.78 Å². The first-order valence-electron chi connectivity index (χ1n) is 8.72. The molecule has 0 radical (unpaired) electrons. The Morgan fingerprint density at radius 2 is 2.00 bits per heavy atom. The number of hydrogen-bond acceptors (Lipinski definition) is 3. The van der Waals surface area contributed by atoms with Gasteiger partial charge in [-0.3, -0.25) is 9.69 Å². The lowest BCUT2D eigenvalue weighted by Crippen LogP contribution is -2.49. The molecule has 27 heavy (non-hydrogen) atoms. The molecule has 1 N–H and O–H groups in total. The van der Waals surface area contributed by atoms with Crippen LogP contribution in [0.25, 0.3) is 0 Å². The van der Waals surface area contributed by atoms with E-state index in [0.717, 1.165) is 12.1 Å². The molecule has 1 atom stereocenters. The summed E-state index contributed by atoms with van der Waals surface area (Å²) >= 11 is 0. The van der Waals surface area contributed by atoms with Gasteiger partial charge in [-0.05, 0) is 23.8 Å². The van der Waals surface area contributed by atoms with Crippen molar-refractivity contribution in [1.29, 1.82) is 0 Å². The topological polar surface area (TPSA) is 35.6 Å². The molecule has 0 aliphatic carbocycles. The standard InChI is InChI=1S/C20H23F2N3O.ClH/c1-24(13-16-5-2-3-8-18(16)22)20(26)14-25-10-9-23-12-19(25)15-6-4-7-17(21)11-15;/h2-8,11,19,23H,9-10,12-14H2,1H3;1H. The summed E-state index contributed by atoms with van der Waals surface area (Å²) in [7, 11) is 1.67. The summed E-state index contributed by atoms with van der Waals surface area (Å²) in [5, 5.41) is 3.29. The van der Waals surface area contributed by atoms with Gasteiger partial charge in [0, 0.05) is 44.8 Å². The van der Waals surface area contributed by atoms with E-state index in [1.54, 1.807) is 31.3 Å². The number of hydrogen-bond donors (Lipinski definition) is 1. The lowest BCUT2D eigenvalue weighted by molar-refractivity contribution is -0.132. The van der Waals surface area contributed by atoms with Gasteiger partial charge in [-0.15, -0.1) is 12.4 Å². The van der Waals surface area contributed by atoms with Crippen molar-refractivity contribution in [3.8, 4) is 0 Å². The first kappa shape index (κ1) is 21.3. The Morgan fingerprint density at radius 3 is 2.74 bits per heavy atom. The average molecular weight is 396 g/mol. The molecule has 0 bridgehead atoms. The number of carbonyl (C=O) groups excluding carboxylic acids is 1. The summed E-state index contributed by atoms with van der Waals surface area (Å²) in [5.74, 6) is -0.681. The molecule has 146 valence electrons. The molecule has 7 heteroatoms. The fourth-order valence-corrected chi connectivity index (χ4v) is 3.24. The molecule has 2 aromatic carbocycles. The number of halogens is 3. The fraction of sp³-hybridized carbons (Fsp3) is 0.350. The number of rotatable bonds is 5. The molecular weight excluding hydrogens is 372 g/mol. The number of nitrogens with one attached hydrogen (secondary N) is 1. The SMILES string of the molecule is CN(Cc1ccccc1F)C(=O)CN1CCNCC1c1cccc(F)c1.Cl. The number of carbonyl (C=O) groups is 1. The summed E-state index contributed by atoms with van der Waals surface area (Å²) < 4.78 is 27.4. The quantitative estimate of drug-likeness (QED) is 0.845. The van der Waals surface area contributed by atoms with Crippen LogP contribution in [0.1, 0.15) is 17.2 Å². The number of likely N-dealkylation sites (N-methyl/N-ethyl adjacent to an activating group) is 1. The molecule has 2 aromatic rings. The number of piperazine rings is 1. The lowest BCUT2D eigenvalue weighted by atomic mass is 10.0. The Morgan fingerprint density at radius 1 is 1.22 bits per heavy atom. The van der Waals surface area contributed by atoms with E-state index in [1.165, 1.54) is 23.1 Å². The van der Waals surface area contributed by atoms with Crippen LogP contribution < -0.4 is 5.32 Å². The van der Waals surface area contributed by atoms with Crippen LogP contribution in [-0.4, -0.2) is 48.9 Å². The number of nitrogens with zero attached hydrogens (tertiary/aromatic N) is 2. The first-order valence-corrected chi connectivity index (χ1v) is 8.72. The van der Waals surface area contributed by atoms with E-state index in [9.17, 15) is 13.6 Å². The van der Waals surface area contributed by atoms with Crippen molar-refractivity contribution < 1.29 is 13.6 Å². The van der Waals surface area contributed by atoms with Gasteiger partial charge in [0.2, 0.25) is 5.91 Å². The second kappa shape index (κ2) is 9.78. The van der Waals surface area contributed by atoms with Gasteiger partial charge in [0.05, 0.1) is 6.54 Å². The van der Waals surface area contributed by atoms with E-state index >= 15 is 0 Å². The van der Waals surface area contributed by atoms with Crippen LogP contribution in [-0.2, 0) is 11.3 Å². The Bertz CT molecular complexity index is 774. The van der Waals surface area contributed by atoms with Crippen molar-refractivity contribution in [2.24, 2.45) is 0 Å². The van der Waals surface area contributed by atoms with E-state index in [-0.39, 0.29) is 49.1 Å². The van der Waals surface area contributed by atoms with E-state index in [2.05, 4.69) is 5.32 Å². The van der Waals surface area contributed by atoms with Crippen LogP contribution in [0.3, 0.4) is 0 Å². The van der Waals surface area contributed by atoms with E-state index in [0.29, 0.717) is 18.7 Å². The maximum absolute atomic E-state index is 13.8. The minimum Gasteiger partial charge on any atom is -0.340 e. The van der Waals surface area contributed by atoms with Crippen LogP contribution in [0, 0.1) is 11.6 Å². The predicted molar refractivity (Wildman–Crippen MR) is 104 cm³/mol. The zero-order valence-electron chi connectivity index (χ0n) is 15.2. The van der Waals surface area contributed by atoms with Crippen molar-refractivity contribution in [1.82, 2.24) is 15.1 Å². The maximum Gasteiger partial charge on any atom is 0.236 e. The maximum atomic E-state index is 13.8. The van der Waals surface area contributed by atoms with Crippen LogP contribution >= 0.6 is 12.4 Å². The Kier molecular flexibility index (Phi) is 7.71. The number of benzene rings is 2. The third-order valence-corrected chi connectivity index (χ3v) is 4.72. The van der Waals surface area contributed by atoms with Gasteiger partial charge in [0.1, 0.15) is 11.6 Å². The van der Waals surface area contributed by atoms with Gasteiger partial charge in [-0.2, -0.15) is 0 Å². The Balaban J connectivity index is 0.00000261. The average Bonchev–Trinajstić information content (AvgIpc) is 2.64. The molecule has 0 aromatic heterocycles. The molecular formula is C20H24ClF2N3O. The lowest BCUT2D eigenvalue weighted by Gasteiger charge is -2.36. The molecule has 1 heterocycles. The molecule has 0 spiro atoms. The molecule has 1 saturated heterocycles. The van der Waals surface area contributed by atoms with Crippen molar-refractivity contribution in [2.45, 2.75) is 12.6 Å². The van der Waals surface area contributed by atoms with E-state index in [1.807, 2.05) is 11.0 Å². The van der Waals surface area contributed by atoms with Gasteiger partial charge < -0.3 is 10.2 Å². The van der Waals surface area contributed by atoms with Crippen molar-refractivity contribution >= 4 is 18.3 Å². The molecule has 1 aliphatic heterocycles. The van der Waals surface area contributed by atoms with E-state index < -0.39 is 0 Å². The Labute approximate surface area is 164 Å². The molecule has 4 nitrogen and oxygen atoms in total. The van der Waals surface area contributed by atoms with Crippen molar-refractivity contribution in [3.63, 3.8) is 0 Å². The molecule has 1 unspecified atom stereocenters. The summed E-state index contributed by atoms with van der Waals surface area (Å²) in [5.41, 5.74) is 1.34. The zero-order chi connectivity index (χ0) is 18.5. The van der Waals surface area contributed by atoms with Crippen LogP contribution in [0.5, 0.6) is 0 Å². The smallest absolute Gasteiger partial charge is 0.236 e. The first-order chi connectivity index (χ1) is 12.5. The fourth-order valence-electron chi connectivity index (χ4n) is 3.24. The zero-order valence-corrected chi connectivity index (χ0v) is 16.0. The second-order valence-corrected chi connectivity index (χ2v) is 6.59. The normalized spacial score (nSPS) is 17.2. The van der Waals surface area contributed by atoms with E-state index in [4.69, 9.17) is 0 Å². The van der Waals surface area contributed by atoms with Gasteiger partial charge >= 0.3 is 0 Å². The molecule has 1 fully saturated rings.